The highest BCUT2D eigenvalue weighted by Gasteiger charge is 2.27. The molecule has 0 saturated carbocycles. The zero-order chi connectivity index (χ0) is 16.5. The number of nitro groups is 1. The van der Waals surface area contributed by atoms with Gasteiger partial charge in [-0.1, -0.05) is 19.1 Å². The average Bonchev–Trinajstić information content (AvgIpc) is 2.84. The van der Waals surface area contributed by atoms with Crippen LogP contribution in [0, 0.1) is 21.4 Å². The summed E-state index contributed by atoms with van der Waals surface area (Å²) in [4.78, 5) is 10.3. The average molecular weight is 337 g/mol. The van der Waals surface area contributed by atoms with Gasteiger partial charge in [-0.2, -0.15) is 5.26 Å². The van der Waals surface area contributed by atoms with E-state index in [4.69, 9.17) is 5.73 Å². The van der Waals surface area contributed by atoms with E-state index in [0.29, 0.717) is 0 Å². The molecule has 2 aromatic rings. The lowest BCUT2D eigenvalue weighted by Crippen LogP contribution is -2.03. The van der Waals surface area contributed by atoms with E-state index < -0.39 is 14.8 Å². The number of hydrogen-bond acceptors (Lipinski definition) is 7. The second-order valence-corrected chi connectivity index (χ2v) is 7.85. The Hall–Kier alpha value is -2.44. The van der Waals surface area contributed by atoms with E-state index in [1.54, 1.807) is 0 Å². The van der Waals surface area contributed by atoms with E-state index in [1.165, 1.54) is 31.2 Å². The van der Waals surface area contributed by atoms with Gasteiger partial charge < -0.3 is 5.73 Å². The van der Waals surface area contributed by atoms with Crippen LogP contribution in [0.15, 0.2) is 28.5 Å². The van der Waals surface area contributed by atoms with E-state index in [9.17, 15) is 23.8 Å². The molecule has 0 bridgehead atoms. The van der Waals surface area contributed by atoms with Crippen molar-refractivity contribution in [1.29, 1.82) is 5.26 Å². The maximum absolute atomic E-state index is 12.2. The molecule has 0 aliphatic rings. The molecule has 0 aliphatic carbocycles. The molecular weight excluding hydrogens is 326 g/mol. The molecule has 2 N–H and O–H groups in total. The van der Waals surface area contributed by atoms with Gasteiger partial charge in [0.1, 0.15) is 15.3 Å². The van der Waals surface area contributed by atoms with Crippen molar-refractivity contribution in [3.05, 3.63) is 39.9 Å². The molecule has 9 heteroatoms. The van der Waals surface area contributed by atoms with Crippen molar-refractivity contribution in [3.8, 4) is 17.2 Å². The predicted molar refractivity (Wildman–Crippen MR) is 83.3 cm³/mol. The Bertz CT molecular complexity index is 894. The SMILES string of the molecule is CCS(=O)(=O)c1sc(N)c(C#N)c1-c1cccc([N+](=O)[O-])c1. The molecule has 0 atom stereocenters. The first-order chi connectivity index (χ1) is 10.3. The van der Waals surface area contributed by atoms with Crippen molar-refractivity contribution in [2.45, 2.75) is 11.1 Å². The van der Waals surface area contributed by atoms with Gasteiger partial charge in [0.05, 0.1) is 16.2 Å². The van der Waals surface area contributed by atoms with Gasteiger partial charge in [0.15, 0.2) is 9.84 Å². The molecule has 1 heterocycles. The summed E-state index contributed by atoms with van der Waals surface area (Å²) in [5.74, 6) is -0.153. The fourth-order valence-corrected chi connectivity index (χ4v) is 4.62. The van der Waals surface area contributed by atoms with Crippen LogP contribution in [-0.2, 0) is 9.84 Å². The molecule has 7 nitrogen and oxygen atoms in total. The normalized spacial score (nSPS) is 11.1. The van der Waals surface area contributed by atoms with Crippen LogP contribution in [0.1, 0.15) is 12.5 Å². The number of nitriles is 1. The Kier molecular flexibility index (Phi) is 4.16. The number of anilines is 1. The van der Waals surface area contributed by atoms with Crippen LogP contribution in [0.4, 0.5) is 10.7 Å². The van der Waals surface area contributed by atoms with Gasteiger partial charge in [-0.15, -0.1) is 11.3 Å². The Morgan fingerprint density at radius 1 is 1.45 bits per heavy atom. The lowest BCUT2D eigenvalue weighted by atomic mass is 10.0. The van der Waals surface area contributed by atoms with Crippen molar-refractivity contribution in [1.82, 2.24) is 0 Å². The summed E-state index contributed by atoms with van der Waals surface area (Å²) in [7, 11) is -3.60. The summed E-state index contributed by atoms with van der Waals surface area (Å²) in [6.45, 7) is 1.48. The molecule has 0 spiro atoms. The smallest absolute Gasteiger partial charge is 0.270 e. The summed E-state index contributed by atoms with van der Waals surface area (Å²) in [6, 6.07) is 7.36. The second-order valence-electron chi connectivity index (χ2n) is 4.33. The molecule has 22 heavy (non-hydrogen) atoms. The number of sulfone groups is 1. The standard InChI is InChI=1S/C13H11N3O4S2/c1-2-22(19,20)13-11(10(7-14)12(15)21-13)8-4-3-5-9(6-8)16(17)18/h3-6H,2,15H2,1H3. The number of nitrogens with two attached hydrogens (primary N) is 1. The Balaban J connectivity index is 2.83. The van der Waals surface area contributed by atoms with Gasteiger partial charge >= 0.3 is 0 Å². The molecule has 0 unspecified atom stereocenters. The highest BCUT2D eigenvalue weighted by atomic mass is 32.2. The minimum absolute atomic E-state index is 0.0255. The summed E-state index contributed by atoms with van der Waals surface area (Å²) >= 11 is 0.804. The second kappa shape index (κ2) is 5.75. The molecule has 0 aliphatic heterocycles. The number of hydrogen-bond donors (Lipinski definition) is 1. The van der Waals surface area contributed by atoms with Gasteiger partial charge in [-0.25, -0.2) is 8.42 Å². The van der Waals surface area contributed by atoms with Crippen LogP contribution >= 0.6 is 11.3 Å². The van der Waals surface area contributed by atoms with Gasteiger partial charge in [-0.3, -0.25) is 10.1 Å². The monoisotopic (exact) mass is 337 g/mol. The molecule has 2 rings (SSSR count). The third-order valence-corrected chi connectivity index (χ3v) is 6.38. The number of thiophene rings is 1. The van der Waals surface area contributed by atoms with Crippen LogP contribution in [0.3, 0.4) is 0 Å². The number of nitro benzene ring substituents is 1. The fourth-order valence-electron chi connectivity index (χ4n) is 1.93. The summed E-state index contributed by atoms with van der Waals surface area (Å²) in [5.41, 5.74) is 5.99. The first-order valence-electron chi connectivity index (χ1n) is 6.11. The molecular formula is C13H11N3O4S2. The third-order valence-electron chi connectivity index (χ3n) is 3.02. The highest BCUT2D eigenvalue weighted by Crippen LogP contribution is 2.42. The van der Waals surface area contributed by atoms with Crippen LogP contribution in [0.2, 0.25) is 0 Å². The lowest BCUT2D eigenvalue weighted by molar-refractivity contribution is -0.384. The van der Waals surface area contributed by atoms with Crippen LogP contribution in [-0.4, -0.2) is 19.1 Å². The third kappa shape index (κ3) is 2.66. The van der Waals surface area contributed by atoms with Crippen molar-refractivity contribution in [2.24, 2.45) is 0 Å². The van der Waals surface area contributed by atoms with Gasteiger partial charge in [0, 0.05) is 17.7 Å². The van der Waals surface area contributed by atoms with Crippen molar-refractivity contribution in [2.75, 3.05) is 11.5 Å². The van der Waals surface area contributed by atoms with E-state index >= 15 is 0 Å². The molecule has 0 radical (unpaired) electrons. The minimum Gasteiger partial charge on any atom is -0.389 e. The van der Waals surface area contributed by atoms with Crippen LogP contribution in [0.25, 0.3) is 11.1 Å². The Labute approximate surface area is 130 Å². The zero-order valence-electron chi connectivity index (χ0n) is 11.4. The van der Waals surface area contributed by atoms with E-state index in [0.717, 1.165) is 11.3 Å². The minimum atomic E-state index is -3.60. The summed E-state index contributed by atoms with van der Waals surface area (Å²) < 4.78 is 24.4. The van der Waals surface area contributed by atoms with Gasteiger partial charge in [0.2, 0.25) is 0 Å². The highest BCUT2D eigenvalue weighted by molar-refractivity contribution is 7.93. The maximum atomic E-state index is 12.2. The van der Waals surface area contributed by atoms with Gasteiger partial charge in [0.25, 0.3) is 5.69 Å². The number of non-ortho nitro benzene ring substituents is 1. The zero-order valence-corrected chi connectivity index (χ0v) is 13.1. The van der Waals surface area contributed by atoms with E-state index in [1.807, 2.05) is 6.07 Å². The lowest BCUT2D eigenvalue weighted by Gasteiger charge is -2.05. The van der Waals surface area contributed by atoms with Crippen LogP contribution < -0.4 is 5.73 Å². The molecule has 0 amide bonds. The van der Waals surface area contributed by atoms with Crippen molar-refractivity contribution < 1.29 is 13.3 Å². The summed E-state index contributed by atoms with van der Waals surface area (Å²) in [6.07, 6.45) is 0. The van der Waals surface area contributed by atoms with Crippen molar-refractivity contribution >= 4 is 31.9 Å². The largest absolute Gasteiger partial charge is 0.389 e. The summed E-state index contributed by atoms with van der Waals surface area (Å²) in [5, 5.41) is 20.2. The molecule has 114 valence electrons. The molecule has 1 aromatic heterocycles. The number of benzene rings is 1. The Morgan fingerprint density at radius 2 is 2.14 bits per heavy atom. The molecule has 1 aromatic carbocycles. The number of nitrogens with zero attached hydrogens (tertiary/aromatic N) is 2. The van der Waals surface area contributed by atoms with Crippen molar-refractivity contribution in [3.63, 3.8) is 0 Å². The predicted octanol–water partition coefficient (Wildman–Crippen LogP) is 2.57. The molecule has 0 fully saturated rings. The topological polar surface area (TPSA) is 127 Å². The molecule has 0 saturated heterocycles. The first kappa shape index (κ1) is 15.9. The maximum Gasteiger partial charge on any atom is 0.270 e. The van der Waals surface area contributed by atoms with Crippen LogP contribution in [0.5, 0.6) is 0 Å². The fraction of sp³-hybridized carbons (Fsp3) is 0.154. The number of nitrogen functional groups attached to an aromatic ring is 1. The van der Waals surface area contributed by atoms with Gasteiger partial charge in [-0.05, 0) is 5.56 Å². The number of rotatable bonds is 4. The quantitative estimate of drug-likeness (QED) is 0.674. The first-order valence-corrected chi connectivity index (χ1v) is 8.58. The van der Waals surface area contributed by atoms with E-state index in [2.05, 4.69) is 0 Å². The Morgan fingerprint density at radius 3 is 2.68 bits per heavy atom. The van der Waals surface area contributed by atoms with E-state index in [-0.39, 0.29) is 37.3 Å².